The molecule has 0 saturated carbocycles. The summed E-state index contributed by atoms with van der Waals surface area (Å²) in [5.41, 5.74) is 6.28. The SMILES string of the molecule is C1=CC(c2ccc3occc3c2)CC(C2C=C(C3=CCCCC3)N=CN2)=C1. The monoisotopic (exact) mass is 356 g/mol. The number of nitrogens with zero attached hydrogens (tertiary/aromatic N) is 1. The molecule has 1 aromatic carbocycles. The number of benzene rings is 1. The molecule has 0 fully saturated rings. The summed E-state index contributed by atoms with van der Waals surface area (Å²) < 4.78 is 5.48. The summed E-state index contributed by atoms with van der Waals surface area (Å²) in [6.45, 7) is 0. The lowest BCUT2D eigenvalue weighted by atomic mass is 9.84. The maximum absolute atomic E-state index is 5.48. The Morgan fingerprint density at radius 3 is 3.07 bits per heavy atom. The Morgan fingerprint density at radius 2 is 2.15 bits per heavy atom. The van der Waals surface area contributed by atoms with Gasteiger partial charge >= 0.3 is 0 Å². The van der Waals surface area contributed by atoms with Gasteiger partial charge in [0.1, 0.15) is 5.58 Å². The highest BCUT2D eigenvalue weighted by Crippen LogP contribution is 2.34. The van der Waals surface area contributed by atoms with Gasteiger partial charge in [-0.05, 0) is 73.1 Å². The number of aliphatic imine (C=N–C) groups is 1. The first-order valence-electron chi connectivity index (χ1n) is 9.91. The molecule has 1 N–H and O–H groups in total. The molecule has 2 atom stereocenters. The molecule has 136 valence electrons. The van der Waals surface area contributed by atoms with Crippen molar-refractivity contribution in [1.82, 2.24) is 5.32 Å². The minimum atomic E-state index is 0.227. The van der Waals surface area contributed by atoms with Crippen molar-refractivity contribution in [2.24, 2.45) is 4.99 Å². The zero-order valence-electron chi connectivity index (χ0n) is 15.4. The molecule has 2 aromatic rings. The van der Waals surface area contributed by atoms with Crippen molar-refractivity contribution in [3.63, 3.8) is 0 Å². The Bertz CT molecular complexity index is 1000. The highest BCUT2D eigenvalue weighted by atomic mass is 16.3. The fraction of sp³-hybridized carbons (Fsp3) is 0.292. The van der Waals surface area contributed by atoms with Gasteiger partial charge in [0, 0.05) is 11.3 Å². The predicted molar refractivity (Wildman–Crippen MR) is 111 cm³/mol. The first kappa shape index (κ1) is 16.4. The molecule has 0 spiro atoms. The van der Waals surface area contributed by atoms with Crippen LogP contribution < -0.4 is 5.32 Å². The van der Waals surface area contributed by atoms with Crippen molar-refractivity contribution in [3.05, 3.63) is 83.3 Å². The van der Waals surface area contributed by atoms with Crippen molar-refractivity contribution in [2.75, 3.05) is 0 Å². The van der Waals surface area contributed by atoms with Crippen molar-refractivity contribution in [1.29, 1.82) is 0 Å². The Morgan fingerprint density at radius 1 is 1.15 bits per heavy atom. The van der Waals surface area contributed by atoms with Crippen LogP contribution >= 0.6 is 0 Å². The molecule has 3 heteroatoms. The Hall–Kier alpha value is -2.81. The molecular formula is C24H24N2O. The first-order chi connectivity index (χ1) is 13.4. The lowest BCUT2D eigenvalue weighted by molar-refractivity contribution is 0.615. The van der Waals surface area contributed by atoms with Gasteiger partial charge in [0.2, 0.25) is 0 Å². The molecule has 2 unspecified atom stereocenters. The Balaban J connectivity index is 1.37. The van der Waals surface area contributed by atoms with Crippen LogP contribution in [-0.4, -0.2) is 12.4 Å². The second kappa shape index (κ2) is 7.07. The number of allylic oxidation sites excluding steroid dienone is 5. The summed E-state index contributed by atoms with van der Waals surface area (Å²) in [5.74, 6) is 0.399. The average molecular weight is 356 g/mol. The smallest absolute Gasteiger partial charge is 0.133 e. The van der Waals surface area contributed by atoms with Crippen molar-refractivity contribution < 1.29 is 4.42 Å². The normalized spacial score (nSPS) is 25.0. The zero-order valence-corrected chi connectivity index (χ0v) is 15.4. The van der Waals surface area contributed by atoms with E-state index in [1.165, 1.54) is 41.4 Å². The standard InChI is InChI=1S/C24H24N2O/c1-2-5-17(6-3-1)22-15-23(26-16-25-22)20-8-4-7-18(13-20)19-9-10-24-21(14-19)11-12-27-24/h4-5,7-12,14-16,18,23H,1-3,6,13H2,(H,25,26). The van der Waals surface area contributed by atoms with Gasteiger partial charge in [0.15, 0.2) is 0 Å². The third kappa shape index (κ3) is 3.30. The highest BCUT2D eigenvalue weighted by molar-refractivity contribution is 5.78. The summed E-state index contributed by atoms with van der Waals surface area (Å²) >= 11 is 0. The van der Waals surface area contributed by atoms with Crippen LogP contribution in [0, 0.1) is 0 Å². The highest BCUT2D eigenvalue weighted by Gasteiger charge is 2.22. The first-order valence-corrected chi connectivity index (χ1v) is 9.91. The number of fused-ring (bicyclic) bond motifs is 1. The van der Waals surface area contributed by atoms with Crippen molar-refractivity contribution in [2.45, 2.75) is 44.1 Å². The number of furan rings is 1. The summed E-state index contributed by atoms with van der Waals surface area (Å²) in [7, 11) is 0. The van der Waals surface area contributed by atoms with Gasteiger partial charge in [-0.3, -0.25) is 0 Å². The lowest BCUT2D eigenvalue weighted by Gasteiger charge is -2.27. The van der Waals surface area contributed by atoms with Crippen LogP contribution in [0.4, 0.5) is 0 Å². The van der Waals surface area contributed by atoms with E-state index in [-0.39, 0.29) is 6.04 Å². The summed E-state index contributed by atoms with van der Waals surface area (Å²) in [6.07, 6.45) is 21.0. The number of hydrogen-bond donors (Lipinski definition) is 1. The molecule has 3 aliphatic rings. The van der Waals surface area contributed by atoms with E-state index in [1.54, 1.807) is 6.26 Å². The maximum atomic E-state index is 5.48. The summed E-state index contributed by atoms with van der Waals surface area (Å²) in [6, 6.07) is 8.78. The van der Waals surface area contributed by atoms with Crippen LogP contribution in [0.1, 0.15) is 43.6 Å². The molecule has 1 aromatic heterocycles. The minimum Gasteiger partial charge on any atom is -0.464 e. The second-order valence-corrected chi connectivity index (χ2v) is 7.58. The predicted octanol–water partition coefficient (Wildman–Crippen LogP) is 5.79. The van der Waals surface area contributed by atoms with Crippen molar-refractivity contribution >= 4 is 17.3 Å². The maximum Gasteiger partial charge on any atom is 0.133 e. The minimum absolute atomic E-state index is 0.227. The van der Waals surface area contributed by atoms with Gasteiger partial charge in [0.25, 0.3) is 0 Å². The molecule has 0 amide bonds. The molecule has 0 radical (unpaired) electrons. The molecule has 1 aliphatic heterocycles. The fourth-order valence-corrected chi connectivity index (χ4v) is 4.29. The Kier molecular flexibility index (Phi) is 4.29. The third-order valence-electron chi connectivity index (χ3n) is 5.82. The molecule has 27 heavy (non-hydrogen) atoms. The fourth-order valence-electron chi connectivity index (χ4n) is 4.29. The van der Waals surface area contributed by atoms with E-state index in [2.05, 4.69) is 58.9 Å². The van der Waals surface area contributed by atoms with Crippen LogP contribution in [0.3, 0.4) is 0 Å². The van der Waals surface area contributed by atoms with Crippen molar-refractivity contribution in [3.8, 4) is 0 Å². The van der Waals surface area contributed by atoms with Gasteiger partial charge in [-0.15, -0.1) is 0 Å². The van der Waals surface area contributed by atoms with Gasteiger partial charge in [0.05, 0.1) is 24.3 Å². The lowest BCUT2D eigenvalue weighted by Crippen LogP contribution is -2.32. The third-order valence-corrected chi connectivity index (χ3v) is 5.82. The van der Waals surface area contributed by atoms with Crippen LogP contribution in [0.5, 0.6) is 0 Å². The zero-order chi connectivity index (χ0) is 18.1. The van der Waals surface area contributed by atoms with Crippen LogP contribution in [0.15, 0.2) is 87.2 Å². The Labute approximate surface area is 159 Å². The molecule has 2 aliphatic carbocycles. The van der Waals surface area contributed by atoms with E-state index in [9.17, 15) is 0 Å². The van der Waals surface area contributed by atoms with E-state index in [0.717, 1.165) is 24.1 Å². The van der Waals surface area contributed by atoms with E-state index >= 15 is 0 Å². The molecule has 3 nitrogen and oxygen atoms in total. The number of nitrogens with one attached hydrogen (secondary N) is 1. The van der Waals surface area contributed by atoms with Gasteiger partial charge < -0.3 is 9.73 Å². The summed E-state index contributed by atoms with van der Waals surface area (Å²) in [4.78, 5) is 4.60. The van der Waals surface area contributed by atoms with E-state index < -0.39 is 0 Å². The van der Waals surface area contributed by atoms with Crippen LogP contribution in [0.25, 0.3) is 11.0 Å². The summed E-state index contributed by atoms with van der Waals surface area (Å²) in [5, 5.41) is 4.62. The second-order valence-electron chi connectivity index (χ2n) is 7.58. The number of rotatable bonds is 3. The molecule has 2 heterocycles. The largest absolute Gasteiger partial charge is 0.464 e. The molecule has 0 saturated heterocycles. The topological polar surface area (TPSA) is 37.5 Å². The molecular weight excluding hydrogens is 332 g/mol. The van der Waals surface area contributed by atoms with Crippen LogP contribution in [0.2, 0.25) is 0 Å². The number of hydrogen-bond acceptors (Lipinski definition) is 3. The molecule has 5 rings (SSSR count). The van der Waals surface area contributed by atoms with Crippen LogP contribution in [-0.2, 0) is 0 Å². The van der Waals surface area contributed by atoms with Gasteiger partial charge in [-0.25, -0.2) is 4.99 Å². The quantitative estimate of drug-likeness (QED) is 0.756. The van der Waals surface area contributed by atoms with E-state index in [0.29, 0.717) is 5.92 Å². The average Bonchev–Trinajstić information content (AvgIpc) is 3.22. The van der Waals surface area contributed by atoms with Gasteiger partial charge in [-0.1, -0.05) is 30.4 Å². The van der Waals surface area contributed by atoms with Gasteiger partial charge in [-0.2, -0.15) is 0 Å². The van der Waals surface area contributed by atoms with E-state index in [1.807, 2.05) is 12.4 Å². The molecule has 0 bridgehead atoms. The van der Waals surface area contributed by atoms with E-state index in [4.69, 9.17) is 4.42 Å².